The maximum Gasteiger partial charge on any atom is 0.239 e. The van der Waals surface area contributed by atoms with Crippen molar-refractivity contribution in [3.8, 4) is 6.07 Å². The normalized spacial score (nSPS) is 10.6. The van der Waals surface area contributed by atoms with E-state index < -0.39 is 21.5 Å². The van der Waals surface area contributed by atoms with Crippen molar-refractivity contribution in [1.29, 1.82) is 5.26 Å². The molecular weight excluding hydrogens is 308 g/mol. The van der Waals surface area contributed by atoms with Crippen molar-refractivity contribution < 1.29 is 13.2 Å². The second kappa shape index (κ2) is 5.29. The van der Waals surface area contributed by atoms with E-state index in [2.05, 4.69) is 21.2 Å². The van der Waals surface area contributed by atoms with Gasteiger partial charge in [-0.15, -0.1) is 0 Å². The van der Waals surface area contributed by atoms with Gasteiger partial charge < -0.3 is 5.32 Å². The Labute approximate surface area is 107 Å². The number of sulfone groups is 1. The fraction of sp³-hybridized carbons (Fsp3) is 0.200. The fourth-order valence-corrected chi connectivity index (χ4v) is 2.05. The van der Waals surface area contributed by atoms with Gasteiger partial charge in [0.05, 0.1) is 11.3 Å². The van der Waals surface area contributed by atoms with Crippen LogP contribution in [0.25, 0.3) is 0 Å². The van der Waals surface area contributed by atoms with Gasteiger partial charge in [-0.25, -0.2) is 8.42 Å². The summed E-state index contributed by atoms with van der Waals surface area (Å²) in [6.07, 6.45) is 0.971. The predicted octanol–water partition coefficient (Wildman–Crippen LogP) is 1.30. The Bertz CT molecular complexity index is 590. The van der Waals surface area contributed by atoms with Crippen LogP contribution in [0.5, 0.6) is 0 Å². The molecule has 5 nitrogen and oxygen atoms in total. The van der Waals surface area contributed by atoms with E-state index in [0.29, 0.717) is 4.47 Å². The third-order valence-corrected chi connectivity index (χ3v) is 3.05. The van der Waals surface area contributed by atoms with E-state index in [9.17, 15) is 13.2 Å². The van der Waals surface area contributed by atoms with Gasteiger partial charge in [0, 0.05) is 10.7 Å². The number of hydrogen-bond donors (Lipinski definition) is 1. The molecule has 0 unspecified atom stereocenters. The molecule has 0 heterocycles. The van der Waals surface area contributed by atoms with Crippen LogP contribution in [0.2, 0.25) is 0 Å². The van der Waals surface area contributed by atoms with Crippen LogP contribution in [0.15, 0.2) is 22.7 Å². The largest absolute Gasteiger partial charge is 0.324 e. The average Bonchev–Trinajstić information content (AvgIpc) is 2.14. The highest BCUT2D eigenvalue weighted by Crippen LogP contribution is 2.20. The fourth-order valence-electron chi connectivity index (χ4n) is 1.14. The van der Waals surface area contributed by atoms with Gasteiger partial charge in [-0.05, 0) is 18.2 Å². The summed E-state index contributed by atoms with van der Waals surface area (Å²) in [7, 11) is -3.38. The number of rotatable bonds is 3. The number of halogens is 1. The number of benzene rings is 1. The maximum atomic E-state index is 11.4. The van der Waals surface area contributed by atoms with Gasteiger partial charge in [0.15, 0.2) is 9.84 Å². The van der Waals surface area contributed by atoms with Crippen molar-refractivity contribution in [2.45, 2.75) is 0 Å². The second-order valence-corrected chi connectivity index (χ2v) is 6.48. The van der Waals surface area contributed by atoms with E-state index in [4.69, 9.17) is 5.26 Å². The monoisotopic (exact) mass is 316 g/mol. The molecule has 0 atom stereocenters. The summed E-state index contributed by atoms with van der Waals surface area (Å²) in [4.78, 5) is 11.4. The van der Waals surface area contributed by atoms with Crippen LogP contribution in [0.4, 0.5) is 5.69 Å². The molecule has 0 bridgehead atoms. The van der Waals surface area contributed by atoms with Gasteiger partial charge in [-0.3, -0.25) is 4.79 Å². The van der Waals surface area contributed by atoms with Crippen molar-refractivity contribution in [2.24, 2.45) is 0 Å². The topological polar surface area (TPSA) is 87.0 Å². The first-order chi connectivity index (χ1) is 7.81. The number of amides is 1. The Hall–Kier alpha value is -1.39. The lowest BCUT2D eigenvalue weighted by Gasteiger charge is -2.06. The number of nitriles is 1. The third kappa shape index (κ3) is 4.54. The van der Waals surface area contributed by atoms with E-state index in [1.54, 1.807) is 12.1 Å². The standard InChI is InChI=1S/C10H9BrN2O3S/c1-17(15,16)6-10(14)13-9-4-8(11)3-2-7(9)5-12/h2-4H,6H2,1H3,(H,13,14). The number of nitrogens with zero attached hydrogens (tertiary/aromatic N) is 1. The molecule has 1 aromatic rings. The summed E-state index contributed by atoms with van der Waals surface area (Å²) >= 11 is 3.20. The molecule has 0 aliphatic heterocycles. The highest BCUT2D eigenvalue weighted by Gasteiger charge is 2.12. The highest BCUT2D eigenvalue weighted by molar-refractivity contribution is 9.10. The van der Waals surface area contributed by atoms with Crippen LogP contribution in [-0.2, 0) is 14.6 Å². The molecule has 0 aromatic heterocycles. The SMILES string of the molecule is CS(=O)(=O)CC(=O)Nc1cc(Br)ccc1C#N. The summed E-state index contributed by atoms with van der Waals surface area (Å²) in [6.45, 7) is 0. The zero-order chi connectivity index (χ0) is 13.1. The minimum atomic E-state index is -3.38. The summed E-state index contributed by atoms with van der Waals surface area (Å²) < 4.78 is 22.5. The molecule has 7 heteroatoms. The van der Waals surface area contributed by atoms with Gasteiger partial charge in [-0.2, -0.15) is 5.26 Å². The molecule has 1 aromatic carbocycles. The Balaban J connectivity index is 2.92. The molecule has 0 saturated heterocycles. The number of hydrogen-bond acceptors (Lipinski definition) is 4. The van der Waals surface area contributed by atoms with Crippen molar-refractivity contribution in [3.05, 3.63) is 28.2 Å². The first-order valence-corrected chi connectivity index (χ1v) is 7.34. The maximum absolute atomic E-state index is 11.4. The van der Waals surface area contributed by atoms with Crippen molar-refractivity contribution in [1.82, 2.24) is 0 Å². The molecular formula is C10H9BrN2O3S. The molecule has 0 aliphatic carbocycles. The lowest BCUT2D eigenvalue weighted by Crippen LogP contribution is -2.22. The van der Waals surface area contributed by atoms with Gasteiger partial charge in [0.1, 0.15) is 11.8 Å². The van der Waals surface area contributed by atoms with Crippen LogP contribution in [0.3, 0.4) is 0 Å². The first kappa shape index (κ1) is 13.7. The second-order valence-electron chi connectivity index (χ2n) is 3.42. The molecule has 0 saturated carbocycles. The highest BCUT2D eigenvalue weighted by atomic mass is 79.9. The molecule has 0 radical (unpaired) electrons. The van der Waals surface area contributed by atoms with Gasteiger partial charge in [-0.1, -0.05) is 15.9 Å². The Morgan fingerprint density at radius 1 is 1.53 bits per heavy atom. The lowest BCUT2D eigenvalue weighted by atomic mass is 10.2. The smallest absolute Gasteiger partial charge is 0.239 e. The Morgan fingerprint density at radius 2 is 2.18 bits per heavy atom. The van der Waals surface area contributed by atoms with Crippen molar-refractivity contribution in [2.75, 3.05) is 17.3 Å². The Kier molecular flexibility index (Phi) is 4.26. The van der Waals surface area contributed by atoms with E-state index in [-0.39, 0.29) is 11.3 Å². The van der Waals surface area contributed by atoms with E-state index in [1.165, 1.54) is 6.07 Å². The van der Waals surface area contributed by atoms with Crippen molar-refractivity contribution in [3.63, 3.8) is 0 Å². The molecule has 1 rings (SSSR count). The van der Waals surface area contributed by atoms with E-state index in [0.717, 1.165) is 6.26 Å². The van der Waals surface area contributed by atoms with Gasteiger partial charge in [0.2, 0.25) is 5.91 Å². The average molecular weight is 317 g/mol. The molecule has 90 valence electrons. The molecule has 17 heavy (non-hydrogen) atoms. The van der Waals surface area contributed by atoms with Crippen LogP contribution in [0, 0.1) is 11.3 Å². The first-order valence-electron chi connectivity index (χ1n) is 4.49. The van der Waals surface area contributed by atoms with Crippen molar-refractivity contribution >= 4 is 37.4 Å². The van der Waals surface area contributed by atoms with Crippen LogP contribution >= 0.6 is 15.9 Å². The summed E-state index contributed by atoms with van der Waals surface area (Å²) in [5, 5.41) is 11.2. The zero-order valence-corrected chi connectivity index (χ0v) is 11.3. The predicted molar refractivity (Wildman–Crippen MR) is 67.2 cm³/mol. The minimum Gasteiger partial charge on any atom is -0.324 e. The Morgan fingerprint density at radius 3 is 2.71 bits per heavy atom. The van der Waals surface area contributed by atoms with Gasteiger partial charge >= 0.3 is 0 Å². The number of anilines is 1. The molecule has 1 amide bonds. The summed E-state index contributed by atoms with van der Waals surface area (Å²) in [5.41, 5.74) is 0.561. The van der Waals surface area contributed by atoms with Gasteiger partial charge in [0.25, 0.3) is 0 Å². The van der Waals surface area contributed by atoms with Crippen LogP contribution < -0.4 is 5.32 Å². The molecule has 0 spiro atoms. The zero-order valence-electron chi connectivity index (χ0n) is 8.90. The minimum absolute atomic E-state index is 0.273. The number of carbonyl (C=O) groups excluding carboxylic acids is 1. The molecule has 0 fully saturated rings. The molecule has 0 aliphatic rings. The van der Waals surface area contributed by atoms with Crippen LogP contribution in [-0.4, -0.2) is 26.3 Å². The summed E-state index contributed by atoms with van der Waals surface area (Å²) in [6, 6.07) is 6.63. The molecule has 1 N–H and O–H groups in total. The third-order valence-electron chi connectivity index (χ3n) is 1.77. The van der Waals surface area contributed by atoms with Crippen LogP contribution in [0.1, 0.15) is 5.56 Å². The number of carbonyl (C=O) groups is 1. The lowest BCUT2D eigenvalue weighted by molar-refractivity contribution is -0.113. The van der Waals surface area contributed by atoms with E-state index in [1.807, 2.05) is 6.07 Å². The number of nitrogens with one attached hydrogen (secondary N) is 1. The quantitative estimate of drug-likeness (QED) is 0.910. The summed E-state index contributed by atoms with van der Waals surface area (Å²) in [5.74, 6) is -1.27. The van der Waals surface area contributed by atoms with E-state index >= 15 is 0 Å².